The summed E-state index contributed by atoms with van der Waals surface area (Å²) in [6.07, 6.45) is 4.59. The first kappa shape index (κ1) is 13.1. The Balaban J connectivity index is 1.75. The van der Waals surface area contributed by atoms with Gasteiger partial charge in [-0.05, 0) is 64.2 Å². The summed E-state index contributed by atoms with van der Waals surface area (Å²) in [4.78, 5) is 4.61. The molecule has 0 amide bonds. The van der Waals surface area contributed by atoms with E-state index < -0.39 is 0 Å². The van der Waals surface area contributed by atoms with Gasteiger partial charge in [0.15, 0.2) is 0 Å². The van der Waals surface area contributed by atoms with Gasteiger partial charge in [0.25, 0.3) is 0 Å². The quantitative estimate of drug-likeness (QED) is 0.907. The molecule has 0 spiro atoms. The third kappa shape index (κ3) is 2.41. The average Bonchev–Trinajstić information content (AvgIpc) is 2.89. The van der Waals surface area contributed by atoms with E-state index in [1.54, 1.807) is 0 Å². The van der Waals surface area contributed by atoms with Crippen LogP contribution in [0.3, 0.4) is 0 Å². The molecule has 104 valence electrons. The van der Waals surface area contributed by atoms with Crippen LogP contribution in [0.4, 0.5) is 0 Å². The lowest BCUT2D eigenvalue weighted by atomic mass is 9.93. The van der Waals surface area contributed by atoms with Gasteiger partial charge in [-0.25, -0.2) is 0 Å². The molecule has 1 aromatic rings. The van der Waals surface area contributed by atoms with Gasteiger partial charge in [0.05, 0.1) is 12.2 Å². The molecule has 2 aliphatic heterocycles. The highest BCUT2D eigenvalue weighted by atomic mass is 16.5. The van der Waals surface area contributed by atoms with Crippen LogP contribution < -0.4 is 5.32 Å². The lowest BCUT2D eigenvalue weighted by Gasteiger charge is -2.26. The summed E-state index contributed by atoms with van der Waals surface area (Å²) < 4.78 is 5.92. The fourth-order valence-electron chi connectivity index (χ4n) is 3.91. The van der Waals surface area contributed by atoms with Crippen LogP contribution in [-0.2, 0) is 4.74 Å². The molecule has 2 bridgehead atoms. The number of rotatable bonds is 3. The molecular formula is C16H24N2O. The molecule has 0 saturated carbocycles. The lowest BCUT2D eigenvalue weighted by Crippen LogP contribution is -2.39. The van der Waals surface area contributed by atoms with Gasteiger partial charge in [-0.2, -0.15) is 0 Å². The normalized spacial score (nSPS) is 30.8. The topological polar surface area (TPSA) is 34.1 Å². The summed E-state index contributed by atoms with van der Waals surface area (Å²) >= 11 is 0. The van der Waals surface area contributed by atoms with Crippen molar-refractivity contribution < 1.29 is 4.74 Å². The van der Waals surface area contributed by atoms with E-state index in [1.807, 2.05) is 0 Å². The van der Waals surface area contributed by atoms with E-state index in [9.17, 15) is 0 Å². The van der Waals surface area contributed by atoms with Crippen molar-refractivity contribution >= 4 is 0 Å². The Bertz CT molecular complexity index is 463. The van der Waals surface area contributed by atoms with Gasteiger partial charge in [-0.3, -0.25) is 4.98 Å². The molecule has 4 unspecified atom stereocenters. The van der Waals surface area contributed by atoms with E-state index in [0.717, 1.165) is 11.4 Å². The van der Waals surface area contributed by atoms with Crippen LogP contribution in [0.5, 0.6) is 0 Å². The highest BCUT2D eigenvalue weighted by Gasteiger charge is 2.41. The second-order valence-electron chi connectivity index (χ2n) is 6.18. The lowest BCUT2D eigenvalue weighted by molar-refractivity contribution is 0.0962. The standard InChI is InChI=1S/C16H24N2O/c1-9-7-10(2)17-11(3)16(9)12(4)18-14-8-13-5-6-15(14)19-13/h7,12-15,18H,5-6,8H2,1-4H3. The Labute approximate surface area is 115 Å². The molecule has 0 aromatic carbocycles. The molecule has 2 saturated heterocycles. The maximum atomic E-state index is 5.92. The second kappa shape index (κ2) is 4.88. The summed E-state index contributed by atoms with van der Waals surface area (Å²) in [5.74, 6) is 0. The highest BCUT2D eigenvalue weighted by molar-refractivity contribution is 5.33. The third-order valence-corrected chi connectivity index (χ3v) is 4.59. The minimum Gasteiger partial charge on any atom is -0.373 e. The zero-order valence-electron chi connectivity index (χ0n) is 12.4. The Hall–Kier alpha value is -0.930. The van der Waals surface area contributed by atoms with Crippen molar-refractivity contribution in [1.82, 2.24) is 10.3 Å². The van der Waals surface area contributed by atoms with Crippen molar-refractivity contribution in [1.29, 1.82) is 0 Å². The van der Waals surface area contributed by atoms with Gasteiger partial charge in [-0.15, -0.1) is 0 Å². The monoisotopic (exact) mass is 260 g/mol. The van der Waals surface area contributed by atoms with Gasteiger partial charge >= 0.3 is 0 Å². The van der Waals surface area contributed by atoms with Crippen LogP contribution in [0.15, 0.2) is 6.07 Å². The molecule has 3 heterocycles. The number of nitrogens with one attached hydrogen (secondary N) is 1. The Kier molecular flexibility index (Phi) is 3.35. The summed E-state index contributed by atoms with van der Waals surface area (Å²) in [5.41, 5.74) is 4.96. The van der Waals surface area contributed by atoms with Gasteiger partial charge in [0.1, 0.15) is 0 Å². The minimum absolute atomic E-state index is 0.348. The van der Waals surface area contributed by atoms with Crippen LogP contribution in [-0.4, -0.2) is 23.2 Å². The molecule has 0 aliphatic carbocycles. The number of pyridine rings is 1. The van der Waals surface area contributed by atoms with Crippen LogP contribution in [0.1, 0.15) is 54.7 Å². The zero-order valence-corrected chi connectivity index (χ0v) is 12.4. The van der Waals surface area contributed by atoms with Crippen molar-refractivity contribution in [3.63, 3.8) is 0 Å². The molecule has 4 atom stereocenters. The van der Waals surface area contributed by atoms with Crippen molar-refractivity contribution in [2.24, 2.45) is 0 Å². The molecule has 3 rings (SSSR count). The average molecular weight is 260 g/mol. The van der Waals surface area contributed by atoms with Crippen molar-refractivity contribution in [2.45, 2.75) is 71.2 Å². The van der Waals surface area contributed by atoms with Crippen LogP contribution in [0, 0.1) is 20.8 Å². The molecule has 2 aliphatic rings. The number of ether oxygens (including phenoxy) is 1. The SMILES string of the molecule is Cc1cc(C)c(C(C)NC2CC3CCC2O3)c(C)n1. The predicted molar refractivity (Wildman–Crippen MR) is 76.3 cm³/mol. The number of aromatic nitrogens is 1. The van der Waals surface area contributed by atoms with Crippen LogP contribution >= 0.6 is 0 Å². The molecule has 19 heavy (non-hydrogen) atoms. The second-order valence-corrected chi connectivity index (χ2v) is 6.18. The summed E-state index contributed by atoms with van der Waals surface area (Å²) in [6, 6.07) is 3.05. The fourth-order valence-corrected chi connectivity index (χ4v) is 3.91. The van der Waals surface area contributed by atoms with Crippen molar-refractivity contribution in [3.05, 3.63) is 28.6 Å². The molecular weight excluding hydrogens is 236 g/mol. The molecule has 3 nitrogen and oxygen atoms in total. The van der Waals surface area contributed by atoms with E-state index in [2.05, 4.69) is 44.1 Å². The van der Waals surface area contributed by atoms with Gasteiger partial charge in [-0.1, -0.05) is 0 Å². The number of nitrogens with zero attached hydrogens (tertiary/aromatic N) is 1. The van der Waals surface area contributed by atoms with E-state index in [1.165, 1.54) is 30.4 Å². The summed E-state index contributed by atoms with van der Waals surface area (Å²) in [5, 5.41) is 3.76. The number of aryl methyl sites for hydroxylation is 3. The highest BCUT2D eigenvalue weighted by Crippen LogP contribution is 2.35. The number of fused-ring (bicyclic) bond motifs is 2. The van der Waals surface area contributed by atoms with Gasteiger partial charge < -0.3 is 10.1 Å². The molecule has 0 radical (unpaired) electrons. The van der Waals surface area contributed by atoms with Crippen molar-refractivity contribution in [2.75, 3.05) is 0 Å². The van der Waals surface area contributed by atoms with E-state index in [0.29, 0.717) is 24.3 Å². The maximum Gasteiger partial charge on any atom is 0.0733 e. The summed E-state index contributed by atoms with van der Waals surface area (Å²) in [7, 11) is 0. The van der Waals surface area contributed by atoms with Gasteiger partial charge in [0, 0.05) is 23.5 Å². The molecule has 3 heteroatoms. The van der Waals surface area contributed by atoms with E-state index in [4.69, 9.17) is 4.74 Å². The number of hydrogen-bond donors (Lipinski definition) is 1. The molecule has 1 N–H and O–H groups in total. The van der Waals surface area contributed by atoms with Crippen LogP contribution in [0.25, 0.3) is 0 Å². The Morgan fingerprint density at radius 2 is 2.11 bits per heavy atom. The van der Waals surface area contributed by atoms with E-state index >= 15 is 0 Å². The Morgan fingerprint density at radius 3 is 2.68 bits per heavy atom. The first-order valence-corrected chi connectivity index (χ1v) is 7.41. The third-order valence-electron chi connectivity index (χ3n) is 4.59. The fraction of sp³-hybridized carbons (Fsp3) is 0.688. The Morgan fingerprint density at radius 1 is 1.32 bits per heavy atom. The largest absolute Gasteiger partial charge is 0.373 e. The molecule has 2 fully saturated rings. The van der Waals surface area contributed by atoms with Crippen molar-refractivity contribution in [3.8, 4) is 0 Å². The smallest absolute Gasteiger partial charge is 0.0733 e. The van der Waals surface area contributed by atoms with E-state index in [-0.39, 0.29) is 0 Å². The maximum absolute atomic E-state index is 5.92. The van der Waals surface area contributed by atoms with Crippen LogP contribution in [0.2, 0.25) is 0 Å². The van der Waals surface area contributed by atoms with Gasteiger partial charge in [0.2, 0.25) is 0 Å². The first-order chi connectivity index (χ1) is 9.04. The summed E-state index contributed by atoms with van der Waals surface area (Å²) in [6.45, 7) is 8.61. The number of hydrogen-bond acceptors (Lipinski definition) is 3. The zero-order chi connectivity index (χ0) is 13.6. The predicted octanol–water partition coefficient (Wildman–Crippen LogP) is 2.98. The molecule has 1 aromatic heterocycles. The minimum atomic E-state index is 0.348. The first-order valence-electron chi connectivity index (χ1n) is 7.41.